The maximum Gasteiger partial charge on any atom is 0.416 e. The SMILES string of the molecule is Nc1cc(C(F)(F)F)ccc1S(=O)(=O)Cc1ccccc1. The Balaban J connectivity index is 2.37. The van der Waals surface area contributed by atoms with Crippen molar-refractivity contribution in [3.63, 3.8) is 0 Å². The van der Waals surface area contributed by atoms with E-state index in [1.165, 1.54) is 0 Å². The Morgan fingerprint density at radius 3 is 2.14 bits per heavy atom. The van der Waals surface area contributed by atoms with Crippen molar-refractivity contribution in [3.8, 4) is 0 Å². The fraction of sp³-hybridized carbons (Fsp3) is 0.143. The van der Waals surface area contributed by atoms with E-state index in [1.54, 1.807) is 30.3 Å². The molecule has 0 aliphatic heterocycles. The third-order valence-electron chi connectivity index (χ3n) is 2.87. The lowest BCUT2D eigenvalue weighted by molar-refractivity contribution is -0.137. The van der Waals surface area contributed by atoms with Gasteiger partial charge in [0.25, 0.3) is 0 Å². The minimum Gasteiger partial charge on any atom is -0.398 e. The summed E-state index contributed by atoms with van der Waals surface area (Å²) >= 11 is 0. The Labute approximate surface area is 120 Å². The lowest BCUT2D eigenvalue weighted by Gasteiger charge is -2.11. The molecule has 21 heavy (non-hydrogen) atoms. The van der Waals surface area contributed by atoms with Gasteiger partial charge in [0.05, 0.1) is 21.9 Å². The standard InChI is InChI=1S/C14H12F3NO2S/c15-14(16,17)11-6-7-13(12(18)8-11)21(19,20)9-10-4-2-1-3-5-10/h1-8H,9,18H2. The molecule has 2 aromatic carbocycles. The monoisotopic (exact) mass is 315 g/mol. The zero-order valence-electron chi connectivity index (χ0n) is 10.8. The van der Waals surface area contributed by atoms with Crippen LogP contribution in [-0.4, -0.2) is 8.42 Å². The van der Waals surface area contributed by atoms with Crippen LogP contribution in [0.3, 0.4) is 0 Å². The van der Waals surface area contributed by atoms with E-state index in [1.807, 2.05) is 0 Å². The van der Waals surface area contributed by atoms with E-state index < -0.39 is 27.3 Å². The summed E-state index contributed by atoms with van der Waals surface area (Å²) in [6.07, 6.45) is -4.56. The maximum absolute atomic E-state index is 12.5. The van der Waals surface area contributed by atoms with Gasteiger partial charge in [0.15, 0.2) is 9.84 Å². The van der Waals surface area contributed by atoms with Gasteiger partial charge in [-0.2, -0.15) is 13.2 Å². The fourth-order valence-electron chi connectivity index (χ4n) is 1.88. The van der Waals surface area contributed by atoms with Crippen LogP contribution in [0.2, 0.25) is 0 Å². The molecule has 3 nitrogen and oxygen atoms in total. The molecule has 0 heterocycles. The molecule has 7 heteroatoms. The molecule has 0 aliphatic carbocycles. The third-order valence-corrected chi connectivity index (χ3v) is 4.63. The normalized spacial score (nSPS) is 12.3. The molecule has 0 aliphatic rings. The van der Waals surface area contributed by atoms with Crippen LogP contribution < -0.4 is 5.73 Å². The van der Waals surface area contributed by atoms with E-state index in [4.69, 9.17) is 5.73 Å². The third kappa shape index (κ3) is 3.55. The average Bonchev–Trinajstić information content (AvgIpc) is 2.37. The summed E-state index contributed by atoms with van der Waals surface area (Å²) in [4.78, 5) is -0.292. The van der Waals surface area contributed by atoms with Crippen molar-refractivity contribution in [3.05, 3.63) is 59.7 Å². The van der Waals surface area contributed by atoms with E-state index in [0.29, 0.717) is 17.7 Å². The quantitative estimate of drug-likeness (QED) is 0.884. The van der Waals surface area contributed by atoms with Gasteiger partial charge in [-0.15, -0.1) is 0 Å². The van der Waals surface area contributed by atoms with Crippen molar-refractivity contribution in [2.24, 2.45) is 0 Å². The number of anilines is 1. The molecule has 0 saturated carbocycles. The Bertz CT molecular complexity index is 741. The minimum atomic E-state index is -4.56. The van der Waals surface area contributed by atoms with E-state index in [2.05, 4.69) is 0 Å². The number of benzene rings is 2. The summed E-state index contributed by atoms with van der Waals surface area (Å²) in [6.45, 7) is 0. The molecule has 0 atom stereocenters. The highest BCUT2D eigenvalue weighted by Gasteiger charge is 2.31. The van der Waals surface area contributed by atoms with Gasteiger partial charge in [0, 0.05) is 0 Å². The van der Waals surface area contributed by atoms with Crippen LogP contribution in [0.4, 0.5) is 18.9 Å². The van der Waals surface area contributed by atoms with E-state index in [-0.39, 0.29) is 10.6 Å². The Morgan fingerprint density at radius 1 is 1.00 bits per heavy atom. The second-order valence-corrected chi connectivity index (χ2v) is 6.45. The first-order valence-corrected chi connectivity index (χ1v) is 7.59. The van der Waals surface area contributed by atoms with Gasteiger partial charge >= 0.3 is 6.18 Å². The zero-order valence-corrected chi connectivity index (χ0v) is 11.6. The first-order chi connectivity index (χ1) is 9.70. The van der Waals surface area contributed by atoms with Crippen LogP contribution in [0.15, 0.2) is 53.4 Å². The number of alkyl halides is 3. The Kier molecular flexibility index (Phi) is 3.95. The molecule has 2 rings (SSSR count). The number of nitrogens with two attached hydrogens (primary N) is 1. The number of hydrogen-bond donors (Lipinski definition) is 1. The van der Waals surface area contributed by atoms with Gasteiger partial charge in [0.1, 0.15) is 0 Å². The summed E-state index contributed by atoms with van der Waals surface area (Å²) in [5, 5.41) is 0. The van der Waals surface area contributed by atoms with E-state index in [0.717, 1.165) is 6.07 Å². The average molecular weight is 315 g/mol. The molecule has 0 amide bonds. The van der Waals surface area contributed by atoms with Crippen LogP contribution in [0.1, 0.15) is 11.1 Å². The Hall–Kier alpha value is -2.02. The van der Waals surface area contributed by atoms with Crippen LogP contribution in [-0.2, 0) is 21.8 Å². The molecule has 2 aromatic rings. The molecule has 0 spiro atoms. The highest BCUT2D eigenvalue weighted by Crippen LogP contribution is 2.33. The molecular weight excluding hydrogens is 303 g/mol. The molecule has 0 aromatic heterocycles. The molecule has 112 valence electrons. The number of rotatable bonds is 3. The molecule has 0 fully saturated rings. The summed E-state index contributed by atoms with van der Waals surface area (Å²) in [5.41, 5.74) is 4.64. The van der Waals surface area contributed by atoms with Crippen molar-refractivity contribution < 1.29 is 21.6 Å². The smallest absolute Gasteiger partial charge is 0.398 e. The van der Waals surface area contributed by atoms with E-state index >= 15 is 0 Å². The molecule has 0 saturated heterocycles. The zero-order chi connectivity index (χ0) is 15.7. The highest BCUT2D eigenvalue weighted by molar-refractivity contribution is 7.90. The number of sulfone groups is 1. The maximum atomic E-state index is 12.5. The lowest BCUT2D eigenvalue weighted by atomic mass is 10.2. The van der Waals surface area contributed by atoms with Crippen LogP contribution in [0.5, 0.6) is 0 Å². The predicted molar refractivity (Wildman–Crippen MR) is 73.2 cm³/mol. The number of halogens is 3. The van der Waals surface area contributed by atoms with Crippen molar-refractivity contribution >= 4 is 15.5 Å². The topological polar surface area (TPSA) is 60.2 Å². The van der Waals surface area contributed by atoms with Crippen molar-refractivity contribution in [2.45, 2.75) is 16.8 Å². The number of nitrogen functional groups attached to an aromatic ring is 1. The molecule has 2 N–H and O–H groups in total. The highest BCUT2D eigenvalue weighted by atomic mass is 32.2. The summed E-state index contributed by atoms with van der Waals surface area (Å²) in [7, 11) is -3.80. The van der Waals surface area contributed by atoms with Gasteiger partial charge < -0.3 is 5.73 Å². The van der Waals surface area contributed by atoms with Gasteiger partial charge in [-0.1, -0.05) is 30.3 Å². The summed E-state index contributed by atoms with van der Waals surface area (Å²) < 4.78 is 62.1. The molecular formula is C14H12F3NO2S. The predicted octanol–water partition coefficient (Wildman–Crippen LogP) is 3.26. The first-order valence-electron chi connectivity index (χ1n) is 5.93. The fourth-order valence-corrected chi connectivity index (χ4v) is 3.36. The van der Waals surface area contributed by atoms with Crippen LogP contribution in [0, 0.1) is 0 Å². The van der Waals surface area contributed by atoms with Gasteiger partial charge in [0.2, 0.25) is 0 Å². The first kappa shape index (κ1) is 15.4. The summed E-state index contributed by atoms with van der Waals surface area (Å²) in [5.74, 6) is -0.316. The molecule has 0 bridgehead atoms. The van der Waals surface area contributed by atoms with Gasteiger partial charge in [-0.25, -0.2) is 8.42 Å². The van der Waals surface area contributed by atoms with Gasteiger partial charge in [-0.3, -0.25) is 0 Å². The Morgan fingerprint density at radius 2 is 1.62 bits per heavy atom. The minimum absolute atomic E-state index is 0.292. The van der Waals surface area contributed by atoms with E-state index in [9.17, 15) is 21.6 Å². The summed E-state index contributed by atoms with van der Waals surface area (Å²) in [6, 6.07) is 10.6. The van der Waals surface area contributed by atoms with Crippen molar-refractivity contribution in [1.29, 1.82) is 0 Å². The van der Waals surface area contributed by atoms with Crippen molar-refractivity contribution in [2.75, 3.05) is 5.73 Å². The number of hydrogen-bond acceptors (Lipinski definition) is 3. The second-order valence-electron chi connectivity index (χ2n) is 4.50. The second kappa shape index (κ2) is 5.40. The molecule has 0 unspecified atom stereocenters. The van der Waals surface area contributed by atoms with Crippen LogP contribution in [0.25, 0.3) is 0 Å². The largest absolute Gasteiger partial charge is 0.416 e. The van der Waals surface area contributed by atoms with Gasteiger partial charge in [-0.05, 0) is 23.8 Å². The van der Waals surface area contributed by atoms with Crippen LogP contribution >= 0.6 is 0 Å². The molecule has 0 radical (unpaired) electrons. The lowest BCUT2D eigenvalue weighted by Crippen LogP contribution is -2.11. The van der Waals surface area contributed by atoms with Crippen molar-refractivity contribution in [1.82, 2.24) is 0 Å².